The molecule has 0 N–H and O–H groups in total. The molecule has 6 rings (SSSR count). The topological polar surface area (TPSA) is 144 Å². The largest absolute Gasteiger partial charge is 0.463 e. The molecular formula is C42H63NO11. The van der Waals surface area contributed by atoms with Crippen LogP contribution in [0.5, 0.6) is 0 Å². The monoisotopic (exact) mass is 757 g/mol. The Labute approximate surface area is 320 Å². The van der Waals surface area contributed by atoms with E-state index in [2.05, 4.69) is 39.6 Å². The highest BCUT2D eigenvalue weighted by molar-refractivity contribution is 5.83. The molecule has 7 unspecified atom stereocenters. The molecule has 2 aliphatic heterocycles. The number of hydrogen-bond donors (Lipinski definition) is 0. The van der Waals surface area contributed by atoms with Gasteiger partial charge in [-0.1, -0.05) is 31.9 Å². The first-order valence-electron chi connectivity index (χ1n) is 20.4. The lowest BCUT2D eigenvalue weighted by atomic mass is 9.51. The van der Waals surface area contributed by atoms with Crippen LogP contribution in [0.25, 0.3) is 0 Å². The van der Waals surface area contributed by atoms with Crippen molar-refractivity contribution in [3.63, 3.8) is 0 Å². The minimum Gasteiger partial charge on any atom is -0.463 e. The van der Waals surface area contributed by atoms with E-state index in [-0.39, 0.29) is 17.9 Å². The fourth-order valence-electron chi connectivity index (χ4n) is 11.9. The van der Waals surface area contributed by atoms with Crippen LogP contribution in [0.4, 0.5) is 0 Å². The number of ether oxygens (including phenoxy) is 6. The van der Waals surface area contributed by atoms with E-state index < -0.39 is 60.7 Å². The average Bonchev–Trinajstić information content (AvgIpc) is 3.46. The second kappa shape index (κ2) is 16.3. The standard InChI is InChI=1S/C42H63NO11/c1-21-10-13-35(43(9)19-21)23(3)29-11-12-30-31(22(29)2)17-33-32(30)18-36(48)34-16-28(14-15-42(33,34)8)53-41-40(52-27(7)47)39(51-26(6)46)38(50-25(5)45)37(54-41)20-49-24(4)44/h21,23,28-30,32-35,37-41H,10-20H2,1-9H3/t21?,23?,28?,29?,30-,32+,33+,34?,35?,37?,38+,39-,40+,41+,42-/m1/s1. The van der Waals surface area contributed by atoms with E-state index in [0.717, 1.165) is 18.8 Å². The normalized spacial score (nSPS) is 41.5. The Hall–Kier alpha value is -2.83. The first kappa shape index (κ1) is 40.8. The van der Waals surface area contributed by atoms with E-state index >= 15 is 0 Å². The van der Waals surface area contributed by atoms with Crippen LogP contribution in [-0.4, -0.2) is 97.6 Å². The Balaban J connectivity index is 1.20. The third-order valence-corrected chi connectivity index (χ3v) is 14.4. The van der Waals surface area contributed by atoms with Crippen molar-refractivity contribution in [3.8, 4) is 0 Å². The number of carbonyl (C=O) groups excluding carboxylic acids is 5. The van der Waals surface area contributed by atoms with Crippen molar-refractivity contribution >= 4 is 29.7 Å². The fourth-order valence-corrected chi connectivity index (χ4v) is 11.9. The van der Waals surface area contributed by atoms with E-state index in [1.807, 2.05) is 0 Å². The Bertz CT molecular complexity index is 1490. The number of nitrogens with zero attached hydrogens (tertiary/aromatic N) is 1. The van der Waals surface area contributed by atoms with Crippen LogP contribution in [-0.2, 0) is 52.4 Å². The molecule has 54 heavy (non-hydrogen) atoms. The van der Waals surface area contributed by atoms with Crippen molar-refractivity contribution in [2.45, 2.75) is 156 Å². The lowest BCUT2D eigenvalue weighted by Gasteiger charge is -2.53. The summed E-state index contributed by atoms with van der Waals surface area (Å²) in [5.74, 6) is 0.667. The highest BCUT2D eigenvalue weighted by atomic mass is 16.7. The van der Waals surface area contributed by atoms with Gasteiger partial charge in [0.1, 0.15) is 18.5 Å². The second-order valence-electron chi connectivity index (χ2n) is 17.9. The number of esters is 4. The molecule has 0 radical (unpaired) electrons. The van der Waals surface area contributed by atoms with Crippen LogP contribution in [0.2, 0.25) is 0 Å². The van der Waals surface area contributed by atoms with Crippen LogP contribution >= 0.6 is 0 Å². The Morgan fingerprint density at radius 1 is 0.889 bits per heavy atom. The zero-order valence-corrected chi connectivity index (χ0v) is 33.8. The maximum Gasteiger partial charge on any atom is 0.303 e. The number of carbonyl (C=O) groups is 5. The van der Waals surface area contributed by atoms with E-state index in [9.17, 15) is 24.0 Å². The number of rotatable bonds is 9. The van der Waals surface area contributed by atoms with Gasteiger partial charge < -0.3 is 33.3 Å². The fraction of sp³-hybridized carbons (Fsp3) is 0.833. The highest BCUT2D eigenvalue weighted by Crippen LogP contribution is 2.64. The van der Waals surface area contributed by atoms with E-state index in [1.165, 1.54) is 59.9 Å². The van der Waals surface area contributed by atoms with Crippen molar-refractivity contribution in [3.05, 3.63) is 11.1 Å². The van der Waals surface area contributed by atoms with E-state index in [0.29, 0.717) is 60.7 Å². The first-order chi connectivity index (χ1) is 25.5. The summed E-state index contributed by atoms with van der Waals surface area (Å²) in [7, 11) is 2.30. The lowest BCUT2D eigenvalue weighted by Crippen LogP contribution is -2.63. The quantitative estimate of drug-likeness (QED) is 0.125. The Morgan fingerprint density at radius 2 is 1.56 bits per heavy atom. The van der Waals surface area contributed by atoms with Crippen LogP contribution < -0.4 is 0 Å². The minimum absolute atomic E-state index is 0.174. The number of hydrogen-bond acceptors (Lipinski definition) is 12. The Kier molecular flexibility index (Phi) is 12.3. The van der Waals surface area contributed by atoms with Crippen molar-refractivity contribution in [2.24, 2.45) is 46.8 Å². The second-order valence-corrected chi connectivity index (χ2v) is 17.9. The summed E-state index contributed by atoms with van der Waals surface area (Å²) in [4.78, 5) is 65.4. The molecule has 0 bridgehead atoms. The minimum atomic E-state index is -1.30. The maximum atomic E-state index is 14.2. The molecule has 302 valence electrons. The number of ketones is 1. The van der Waals surface area contributed by atoms with Crippen LogP contribution in [0.15, 0.2) is 11.1 Å². The number of allylic oxidation sites excluding steroid dienone is 2. The third-order valence-electron chi connectivity index (χ3n) is 14.4. The summed E-state index contributed by atoms with van der Waals surface area (Å²) in [6.45, 7) is 15.2. The van der Waals surface area contributed by atoms with Gasteiger partial charge in [-0.3, -0.25) is 24.0 Å². The van der Waals surface area contributed by atoms with Gasteiger partial charge in [-0.05, 0) is 106 Å². The highest BCUT2D eigenvalue weighted by Gasteiger charge is 2.61. The predicted molar refractivity (Wildman–Crippen MR) is 196 cm³/mol. The van der Waals surface area contributed by atoms with E-state index in [4.69, 9.17) is 28.4 Å². The number of likely N-dealkylation sites (tertiary alicyclic amines) is 1. The summed E-state index contributed by atoms with van der Waals surface area (Å²) >= 11 is 0. The molecule has 0 spiro atoms. The van der Waals surface area contributed by atoms with Crippen molar-refractivity contribution in [2.75, 3.05) is 20.2 Å². The summed E-state index contributed by atoms with van der Waals surface area (Å²) in [6, 6.07) is 0.614. The van der Waals surface area contributed by atoms with Gasteiger partial charge in [-0.25, -0.2) is 0 Å². The lowest BCUT2D eigenvalue weighted by molar-refractivity contribution is -0.320. The molecule has 3 saturated carbocycles. The summed E-state index contributed by atoms with van der Waals surface area (Å²) in [5.41, 5.74) is 3.05. The molecule has 0 aromatic heterocycles. The predicted octanol–water partition coefficient (Wildman–Crippen LogP) is 5.58. The zero-order chi connectivity index (χ0) is 39.2. The van der Waals surface area contributed by atoms with Crippen LogP contribution in [0.3, 0.4) is 0 Å². The van der Waals surface area contributed by atoms with Gasteiger partial charge in [0.25, 0.3) is 0 Å². The summed E-state index contributed by atoms with van der Waals surface area (Å²) < 4.78 is 34.9. The molecule has 2 heterocycles. The van der Waals surface area contributed by atoms with Gasteiger partial charge in [0.05, 0.1) is 6.10 Å². The summed E-state index contributed by atoms with van der Waals surface area (Å²) in [6.07, 6.45) is 1.92. The van der Waals surface area contributed by atoms with Gasteiger partial charge >= 0.3 is 23.9 Å². The third kappa shape index (κ3) is 8.17. The number of piperidine rings is 1. The van der Waals surface area contributed by atoms with Gasteiger partial charge in [0, 0.05) is 52.6 Å². The van der Waals surface area contributed by atoms with Crippen LogP contribution in [0, 0.1) is 46.8 Å². The maximum absolute atomic E-state index is 14.2. The molecule has 0 aromatic rings. The van der Waals surface area contributed by atoms with Gasteiger partial charge in [0.15, 0.2) is 24.6 Å². The smallest absolute Gasteiger partial charge is 0.303 e. The van der Waals surface area contributed by atoms with Gasteiger partial charge in [-0.15, -0.1) is 0 Å². The average molecular weight is 758 g/mol. The van der Waals surface area contributed by atoms with Gasteiger partial charge in [0.2, 0.25) is 0 Å². The number of Topliss-reactive ketones (excluding diaryl/α,β-unsaturated/α-hetero) is 1. The van der Waals surface area contributed by atoms with Crippen LogP contribution in [0.1, 0.15) is 113 Å². The zero-order valence-electron chi connectivity index (χ0n) is 33.8. The molecule has 12 nitrogen and oxygen atoms in total. The van der Waals surface area contributed by atoms with Crippen molar-refractivity contribution in [1.29, 1.82) is 0 Å². The molecule has 15 atom stereocenters. The van der Waals surface area contributed by atoms with Crippen molar-refractivity contribution < 1.29 is 52.4 Å². The molecule has 5 fully saturated rings. The van der Waals surface area contributed by atoms with Gasteiger partial charge in [-0.2, -0.15) is 0 Å². The SMILES string of the molecule is CC(=O)OCC1O[C@H](OC2CC[C@@]3(C)C(C2)C(=O)C[C@H]2[C@@H]4CCC(C(C)C5CCC(C)CN5C)C(C)=C4C[C@@H]23)[C@@H](OC(C)=O)[C@H](OC(C)=O)[C@H]1OC(C)=O. The molecular weight excluding hydrogens is 694 g/mol. The molecule has 12 heteroatoms. The Morgan fingerprint density at radius 3 is 2.20 bits per heavy atom. The molecule has 6 aliphatic rings. The molecule has 0 aromatic carbocycles. The molecule has 4 aliphatic carbocycles. The summed E-state index contributed by atoms with van der Waals surface area (Å²) in [5, 5.41) is 0. The first-order valence-corrected chi connectivity index (χ1v) is 20.4. The molecule has 2 saturated heterocycles. The van der Waals surface area contributed by atoms with Crippen molar-refractivity contribution in [1.82, 2.24) is 4.90 Å². The van der Waals surface area contributed by atoms with E-state index in [1.54, 1.807) is 11.1 Å². The number of fused-ring (bicyclic) bond motifs is 5. The molecule has 0 amide bonds.